The molecule has 0 spiro atoms. The summed E-state index contributed by atoms with van der Waals surface area (Å²) in [6.45, 7) is 1.99. The average molecular weight is 598 g/mol. The SMILES string of the molecule is Cc1cc(F)ccc1C1CN(CC(=O)N(C)C)CCC1C(=O)N(C)Cc1cc(C(F)(F)F)cc(C(F)(F)F)c1.Cl. The van der Waals surface area contributed by atoms with Gasteiger partial charge in [-0.3, -0.25) is 14.5 Å². The molecule has 40 heavy (non-hydrogen) atoms. The zero-order valence-electron chi connectivity index (χ0n) is 22.4. The summed E-state index contributed by atoms with van der Waals surface area (Å²) in [5.41, 5.74) is -1.94. The number of amides is 2. The number of rotatable bonds is 6. The third-order valence-electron chi connectivity index (χ3n) is 6.95. The molecule has 2 amide bonds. The Morgan fingerprint density at radius 2 is 1.52 bits per heavy atom. The molecule has 5 nitrogen and oxygen atoms in total. The van der Waals surface area contributed by atoms with Crippen LogP contribution in [0.3, 0.4) is 0 Å². The zero-order valence-corrected chi connectivity index (χ0v) is 23.2. The highest BCUT2D eigenvalue weighted by atomic mass is 35.5. The van der Waals surface area contributed by atoms with Crippen LogP contribution in [-0.4, -0.2) is 67.3 Å². The summed E-state index contributed by atoms with van der Waals surface area (Å²) in [7, 11) is 4.56. The van der Waals surface area contributed by atoms with Crippen molar-refractivity contribution in [2.75, 3.05) is 40.8 Å². The van der Waals surface area contributed by atoms with Gasteiger partial charge in [-0.2, -0.15) is 26.3 Å². The van der Waals surface area contributed by atoms with E-state index < -0.39 is 53.6 Å². The van der Waals surface area contributed by atoms with E-state index in [2.05, 4.69) is 0 Å². The Morgan fingerprint density at radius 1 is 0.950 bits per heavy atom. The number of hydrogen-bond acceptors (Lipinski definition) is 3. The number of carbonyl (C=O) groups excluding carboxylic acids is 2. The first-order valence-corrected chi connectivity index (χ1v) is 12.2. The monoisotopic (exact) mass is 597 g/mol. The van der Waals surface area contributed by atoms with Gasteiger partial charge in [0, 0.05) is 46.1 Å². The smallest absolute Gasteiger partial charge is 0.348 e. The van der Waals surface area contributed by atoms with E-state index in [0.717, 1.165) is 4.90 Å². The van der Waals surface area contributed by atoms with E-state index in [4.69, 9.17) is 0 Å². The maximum absolute atomic E-state index is 13.8. The summed E-state index contributed by atoms with van der Waals surface area (Å²) < 4.78 is 93.6. The Morgan fingerprint density at radius 3 is 2.02 bits per heavy atom. The molecule has 0 aliphatic carbocycles. The fourth-order valence-electron chi connectivity index (χ4n) is 4.91. The van der Waals surface area contributed by atoms with Crippen molar-refractivity contribution in [2.24, 2.45) is 5.92 Å². The van der Waals surface area contributed by atoms with Gasteiger partial charge in [0.05, 0.1) is 17.7 Å². The second-order valence-electron chi connectivity index (χ2n) is 10.1. The Bertz CT molecular complexity index is 1190. The summed E-state index contributed by atoms with van der Waals surface area (Å²) in [5.74, 6) is -2.23. The zero-order chi connectivity index (χ0) is 29.3. The number of likely N-dealkylation sites (tertiary alicyclic amines) is 1. The molecule has 2 unspecified atom stereocenters. The molecule has 1 aliphatic heterocycles. The summed E-state index contributed by atoms with van der Waals surface area (Å²) in [5, 5.41) is 0. The van der Waals surface area contributed by atoms with Gasteiger partial charge in [-0.25, -0.2) is 4.39 Å². The predicted molar refractivity (Wildman–Crippen MR) is 137 cm³/mol. The van der Waals surface area contributed by atoms with Gasteiger partial charge in [0.2, 0.25) is 11.8 Å². The minimum absolute atomic E-state index is 0. The molecule has 1 fully saturated rings. The Hall–Kier alpha value is -2.86. The van der Waals surface area contributed by atoms with Gasteiger partial charge in [0.25, 0.3) is 0 Å². The van der Waals surface area contributed by atoms with Crippen LogP contribution in [0, 0.1) is 18.7 Å². The van der Waals surface area contributed by atoms with E-state index in [-0.39, 0.29) is 43.0 Å². The van der Waals surface area contributed by atoms with E-state index in [1.54, 1.807) is 27.1 Å². The van der Waals surface area contributed by atoms with Gasteiger partial charge in [-0.15, -0.1) is 12.4 Å². The van der Waals surface area contributed by atoms with Crippen LogP contribution in [0.4, 0.5) is 30.7 Å². The maximum atomic E-state index is 13.8. The van der Waals surface area contributed by atoms with Crippen molar-refractivity contribution in [3.8, 4) is 0 Å². The van der Waals surface area contributed by atoms with E-state index in [0.29, 0.717) is 36.2 Å². The standard InChI is InChI=1S/C27H30F7N3O2.ClH/c1-16-9-20(28)5-6-21(16)23-14-37(15-24(38)35(2)3)8-7-22(23)25(39)36(4)13-17-10-18(26(29,30)31)12-19(11-17)27(32,33)34;/h5-6,9-12,22-23H,7-8,13-15H2,1-4H3;1H. The minimum atomic E-state index is -5.00. The van der Waals surface area contributed by atoms with Gasteiger partial charge in [0.15, 0.2) is 0 Å². The molecule has 0 saturated carbocycles. The number of alkyl halides is 6. The molecular weight excluding hydrogens is 567 g/mol. The fraction of sp³-hybridized carbons (Fsp3) is 0.481. The van der Waals surface area contributed by atoms with Gasteiger partial charge >= 0.3 is 12.4 Å². The third-order valence-corrected chi connectivity index (χ3v) is 6.95. The van der Waals surface area contributed by atoms with Gasteiger partial charge in [-0.1, -0.05) is 6.07 Å². The molecule has 3 rings (SSSR count). The molecular formula is C27H31ClF7N3O2. The molecule has 1 aliphatic rings. The minimum Gasteiger partial charge on any atom is -0.348 e. The molecule has 0 aromatic heterocycles. The maximum Gasteiger partial charge on any atom is 0.416 e. The molecule has 0 radical (unpaired) electrons. The van der Waals surface area contributed by atoms with Crippen molar-refractivity contribution >= 4 is 24.2 Å². The van der Waals surface area contributed by atoms with Crippen molar-refractivity contribution < 1.29 is 40.3 Å². The highest BCUT2D eigenvalue weighted by Crippen LogP contribution is 2.38. The second kappa shape index (κ2) is 12.8. The number of likely N-dealkylation sites (N-methyl/N-ethyl adjacent to an activating group) is 1. The number of benzene rings is 2. The molecule has 2 aromatic carbocycles. The summed E-state index contributed by atoms with van der Waals surface area (Å²) in [4.78, 5) is 30.3. The van der Waals surface area contributed by atoms with E-state index in [9.17, 15) is 40.3 Å². The topological polar surface area (TPSA) is 43.9 Å². The van der Waals surface area contributed by atoms with Gasteiger partial charge in [-0.05, 0) is 66.9 Å². The Kier molecular flexibility index (Phi) is 10.6. The molecule has 13 heteroatoms. The first-order valence-electron chi connectivity index (χ1n) is 12.2. The number of nitrogens with zero attached hydrogens (tertiary/aromatic N) is 3. The molecule has 0 bridgehead atoms. The number of hydrogen-bond donors (Lipinski definition) is 0. The lowest BCUT2D eigenvalue weighted by Crippen LogP contribution is -2.48. The largest absolute Gasteiger partial charge is 0.416 e. The van der Waals surface area contributed by atoms with Gasteiger partial charge < -0.3 is 9.80 Å². The second-order valence-corrected chi connectivity index (χ2v) is 10.1. The van der Waals surface area contributed by atoms with Crippen molar-refractivity contribution in [1.82, 2.24) is 14.7 Å². The van der Waals surface area contributed by atoms with Crippen molar-refractivity contribution in [2.45, 2.75) is 38.2 Å². The van der Waals surface area contributed by atoms with Crippen LogP contribution in [0.5, 0.6) is 0 Å². The average Bonchev–Trinajstić information content (AvgIpc) is 2.82. The lowest BCUT2D eigenvalue weighted by atomic mass is 9.78. The molecule has 0 N–H and O–H groups in total. The van der Waals surface area contributed by atoms with Crippen LogP contribution in [0.25, 0.3) is 0 Å². The number of piperidine rings is 1. The van der Waals surface area contributed by atoms with Crippen molar-refractivity contribution in [1.29, 1.82) is 0 Å². The molecule has 222 valence electrons. The van der Waals surface area contributed by atoms with Crippen LogP contribution in [0.15, 0.2) is 36.4 Å². The molecule has 1 heterocycles. The number of halogens is 8. The van der Waals surface area contributed by atoms with Crippen molar-refractivity contribution in [3.05, 3.63) is 70.0 Å². The fourth-order valence-corrected chi connectivity index (χ4v) is 4.91. The van der Waals surface area contributed by atoms with Crippen LogP contribution >= 0.6 is 12.4 Å². The third kappa shape index (κ3) is 8.09. The first-order chi connectivity index (χ1) is 18.0. The van der Waals surface area contributed by atoms with Crippen LogP contribution in [-0.2, 0) is 28.5 Å². The normalized spacial score (nSPS) is 18.2. The lowest BCUT2D eigenvalue weighted by molar-refractivity contribution is -0.143. The molecule has 2 aromatic rings. The quantitative estimate of drug-likeness (QED) is 0.399. The van der Waals surface area contributed by atoms with Gasteiger partial charge in [0.1, 0.15) is 5.82 Å². The Balaban J connectivity index is 0.00000560. The number of aryl methyl sites for hydroxylation is 1. The van der Waals surface area contributed by atoms with Crippen LogP contribution in [0.1, 0.15) is 40.2 Å². The predicted octanol–water partition coefficient (Wildman–Crippen LogP) is 5.75. The van der Waals surface area contributed by atoms with E-state index >= 15 is 0 Å². The summed E-state index contributed by atoms with van der Waals surface area (Å²) >= 11 is 0. The highest BCUT2D eigenvalue weighted by molar-refractivity contribution is 5.85. The summed E-state index contributed by atoms with van der Waals surface area (Å²) in [6.07, 6.45) is -9.71. The number of carbonyl (C=O) groups is 2. The lowest BCUT2D eigenvalue weighted by Gasteiger charge is -2.40. The molecule has 2 atom stereocenters. The summed E-state index contributed by atoms with van der Waals surface area (Å²) in [6, 6.07) is 5.41. The van der Waals surface area contributed by atoms with Crippen LogP contribution in [0.2, 0.25) is 0 Å². The van der Waals surface area contributed by atoms with E-state index in [1.807, 2.05) is 4.90 Å². The first kappa shape index (κ1) is 33.3. The van der Waals surface area contributed by atoms with Crippen LogP contribution < -0.4 is 0 Å². The van der Waals surface area contributed by atoms with E-state index in [1.165, 1.54) is 24.1 Å². The Labute approximate surface area is 234 Å². The highest BCUT2D eigenvalue weighted by Gasteiger charge is 2.39. The van der Waals surface area contributed by atoms with Crippen molar-refractivity contribution in [3.63, 3.8) is 0 Å². The molecule has 1 saturated heterocycles.